The lowest BCUT2D eigenvalue weighted by molar-refractivity contribution is 0.0988. The van der Waals surface area contributed by atoms with E-state index in [0.29, 0.717) is 36.6 Å². The molecule has 0 unspecified atom stereocenters. The molecule has 128 valence electrons. The number of methoxy groups -OCH3 is 1. The van der Waals surface area contributed by atoms with Gasteiger partial charge in [-0.2, -0.15) is 0 Å². The Labute approximate surface area is 142 Å². The predicted molar refractivity (Wildman–Crippen MR) is 94.1 cm³/mol. The molecule has 0 saturated carbocycles. The van der Waals surface area contributed by atoms with E-state index >= 15 is 0 Å². The highest BCUT2D eigenvalue weighted by Crippen LogP contribution is 2.23. The minimum atomic E-state index is 0.0705. The Morgan fingerprint density at radius 2 is 1.67 bits per heavy atom. The normalized spacial score (nSPS) is 10.2. The molecule has 0 aliphatic heterocycles. The largest absolute Gasteiger partial charge is 0.497 e. The molecule has 5 nitrogen and oxygen atoms in total. The van der Waals surface area contributed by atoms with E-state index < -0.39 is 0 Å². The van der Waals surface area contributed by atoms with Crippen molar-refractivity contribution in [3.05, 3.63) is 48.0 Å². The number of rotatable bonds is 9. The van der Waals surface area contributed by atoms with Gasteiger partial charge < -0.3 is 19.9 Å². The lowest BCUT2D eigenvalue weighted by atomic mass is 10.1. The van der Waals surface area contributed by atoms with E-state index in [0.717, 1.165) is 17.9 Å². The third kappa shape index (κ3) is 4.91. The van der Waals surface area contributed by atoms with Crippen LogP contribution in [0.4, 0.5) is 5.69 Å². The van der Waals surface area contributed by atoms with Crippen LogP contribution in [0.5, 0.6) is 17.2 Å². The van der Waals surface area contributed by atoms with Crippen LogP contribution in [0, 0.1) is 0 Å². The first-order valence-electron chi connectivity index (χ1n) is 7.96. The zero-order valence-corrected chi connectivity index (χ0v) is 14.1. The lowest BCUT2D eigenvalue weighted by Crippen LogP contribution is -2.07. The second-order valence-corrected chi connectivity index (χ2v) is 5.26. The van der Waals surface area contributed by atoms with Crippen molar-refractivity contribution in [2.24, 2.45) is 0 Å². The maximum Gasteiger partial charge on any atom is 0.162 e. The Morgan fingerprint density at radius 3 is 2.29 bits per heavy atom. The minimum absolute atomic E-state index is 0.0705. The van der Waals surface area contributed by atoms with Gasteiger partial charge in [-0.1, -0.05) is 6.92 Å². The van der Waals surface area contributed by atoms with E-state index in [9.17, 15) is 4.79 Å². The fourth-order valence-electron chi connectivity index (χ4n) is 2.16. The first-order chi connectivity index (χ1) is 11.6. The minimum Gasteiger partial charge on any atom is -0.497 e. The van der Waals surface area contributed by atoms with Crippen LogP contribution in [0.15, 0.2) is 42.5 Å². The first kappa shape index (κ1) is 17.7. The van der Waals surface area contributed by atoms with Crippen LogP contribution in [-0.4, -0.2) is 26.1 Å². The molecule has 0 aliphatic rings. The molecule has 0 aromatic heterocycles. The number of carbonyl (C=O) groups is 1. The fourth-order valence-corrected chi connectivity index (χ4v) is 2.16. The molecule has 2 aromatic carbocycles. The number of hydrogen-bond acceptors (Lipinski definition) is 5. The summed E-state index contributed by atoms with van der Waals surface area (Å²) >= 11 is 0. The predicted octanol–water partition coefficient (Wildman–Crippen LogP) is 3.72. The van der Waals surface area contributed by atoms with Gasteiger partial charge in [-0.25, -0.2) is 0 Å². The third-order valence-corrected chi connectivity index (χ3v) is 3.53. The second-order valence-electron chi connectivity index (χ2n) is 5.26. The highest BCUT2D eigenvalue weighted by atomic mass is 16.5. The molecule has 0 aliphatic carbocycles. The molecule has 2 rings (SSSR count). The quantitative estimate of drug-likeness (QED) is 0.431. The van der Waals surface area contributed by atoms with E-state index in [4.69, 9.17) is 19.9 Å². The van der Waals surface area contributed by atoms with E-state index in [1.54, 1.807) is 25.3 Å². The number of Topliss-reactive ketones (excluding diaryl/α,β-unsaturated/α-hetero) is 1. The van der Waals surface area contributed by atoms with Crippen LogP contribution in [0.3, 0.4) is 0 Å². The Morgan fingerprint density at radius 1 is 1.00 bits per heavy atom. The average Bonchev–Trinajstić information content (AvgIpc) is 2.62. The van der Waals surface area contributed by atoms with Crippen molar-refractivity contribution in [1.82, 2.24) is 0 Å². The molecule has 2 aromatic rings. The van der Waals surface area contributed by atoms with Crippen LogP contribution in [0.2, 0.25) is 0 Å². The van der Waals surface area contributed by atoms with Gasteiger partial charge in [0.05, 0.1) is 26.0 Å². The zero-order chi connectivity index (χ0) is 17.4. The molecule has 0 spiro atoms. The van der Waals surface area contributed by atoms with Gasteiger partial charge in [0.1, 0.15) is 17.2 Å². The zero-order valence-electron chi connectivity index (χ0n) is 14.1. The van der Waals surface area contributed by atoms with Crippen LogP contribution in [0.1, 0.15) is 30.1 Å². The fraction of sp³-hybridized carbons (Fsp3) is 0.316. The number of ketones is 1. The molecule has 0 bridgehead atoms. The Kier molecular flexibility index (Phi) is 6.49. The number of ether oxygens (including phenoxy) is 3. The van der Waals surface area contributed by atoms with Crippen LogP contribution in [0.25, 0.3) is 0 Å². The van der Waals surface area contributed by atoms with Gasteiger partial charge in [0.25, 0.3) is 0 Å². The smallest absolute Gasteiger partial charge is 0.162 e. The summed E-state index contributed by atoms with van der Waals surface area (Å²) in [4.78, 5) is 11.6. The maximum atomic E-state index is 11.6. The van der Waals surface area contributed by atoms with E-state index in [2.05, 4.69) is 0 Å². The van der Waals surface area contributed by atoms with Crippen LogP contribution >= 0.6 is 0 Å². The summed E-state index contributed by atoms with van der Waals surface area (Å²) in [6.07, 6.45) is 1.18. The molecule has 0 amide bonds. The Hall–Kier alpha value is -2.69. The monoisotopic (exact) mass is 329 g/mol. The number of carbonyl (C=O) groups excluding carboxylic acids is 1. The molecule has 24 heavy (non-hydrogen) atoms. The molecule has 0 saturated heterocycles. The highest BCUT2D eigenvalue weighted by molar-refractivity contribution is 5.97. The Balaban J connectivity index is 1.74. The number of anilines is 1. The second kappa shape index (κ2) is 8.82. The number of benzene rings is 2. The van der Waals surface area contributed by atoms with Crippen molar-refractivity contribution < 1.29 is 19.0 Å². The SMILES string of the molecule is CCC(=O)c1ccc(OCCCOc2ccc(OC)cc2)c(N)c1. The lowest BCUT2D eigenvalue weighted by Gasteiger charge is -2.11. The van der Waals surface area contributed by atoms with Crippen LogP contribution < -0.4 is 19.9 Å². The standard InChI is InChI=1S/C19H23NO4/c1-3-18(21)14-5-10-19(17(20)13-14)24-12-4-11-23-16-8-6-15(22-2)7-9-16/h5-10,13H,3-4,11-12,20H2,1-2H3. The summed E-state index contributed by atoms with van der Waals surface area (Å²) in [5.74, 6) is 2.25. The van der Waals surface area contributed by atoms with E-state index in [1.165, 1.54) is 0 Å². The first-order valence-corrected chi connectivity index (χ1v) is 7.96. The average molecular weight is 329 g/mol. The number of nitrogens with two attached hydrogens (primary N) is 1. The van der Waals surface area contributed by atoms with Gasteiger partial charge in [-0.15, -0.1) is 0 Å². The summed E-state index contributed by atoms with van der Waals surface area (Å²) in [6, 6.07) is 12.6. The van der Waals surface area contributed by atoms with Gasteiger partial charge in [0.15, 0.2) is 5.78 Å². The molecule has 0 radical (unpaired) electrons. The molecular weight excluding hydrogens is 306 g/mol. The maximum absolute atomic E-state index is 11.6. The van der Waals surface area contributed by atoms with Gasteiger partial charge in [-0.05, 0) is 42.5 Å². The highest BCUT2D eigenvalue weighted by Gasteiger charge is 2.07. The van der Waals surface area contributed by atoms with E-state index in [-0.39, 0.29) is 5.78 Å². The third-order valence-electron chi connectivity index (χ3n) is 3.53. The van der Waals surface area contributed by atoms with Crippen LogP contribution in [-0.2, 0) is 0 Å². The molecule has 2 N–H and O–H groups in total. The van der Waals surface area contributed by atoms with Crippen molar-refractivity contribution in [3.8, 4) is 17.2 Å². The number of nitrogen functional groups attached to an aromatic ring is 1. The summed E-state index contributed by atoms with van der Waals surface area (Å²) in [6.45, 7) is 2.85. The van der Waals surface area contributed by atoms with Crippen molar-refractivity contribution in [2.75, 3.05) is 26.1 Å². The van der Waals surface area contributed by atoms with E-state index in [1.807, 2.05) is 31.2 Å². The number of hydrogen-bond donors (Lipinski definition) is 1. The Bertz CT molecular complexity index is 668. The van der Waals surface area contributed by atoms with Crippen molar-refractivity contribution >= 4 is 11.5 Å². The molecule has 0 fully saturated rings. The van der Waals surface area contributed by atoms with Gasteiger partial charge in [-0.3, -0.25) is 4.79 Å². The summed E-state index contributed by atoms with van der Waals surface area (Å²) in [5.41, 5.74) is 7.02. The molecule has 0 heterocycles. The molecule has 5 heteroatoms. The summed E-state index contributed by atoms with van der Waals surface area (Å²) in [5, 5.41) is 0. The topological polar surface area (TPSA) is 70.8 Å². The molecule has 0 atom stereocenters. The van der Waals surface area contributed by atoms with Crippen molar-refractivity contribution in [3.63, 3.8) is 0 Å². The van der Waals surface area contributed by atoms with Gasteiger partial charge in [0.2, 0.25) is 0 Å². The molecular formula is C19H23NO4. The summed E-state index contributed by atoms with van der Waals surface area (Å²) < 4.78 is 16.4. The van der Waals surface area contributed by atoms with Gasteiger partial charge in [0, 0.05) is 18.4 Å². The van der Waals surface area contributed by atoms with Crippen molar-refractivity contribution in [2.45, 2.75) is 19.8 Å². The summed E-state index contributed by atoms with van der Waals surface area (Å²) in [7, 11) is 1.63. The van der Waals surface area contributed by atoms with Gasteiger partial charge >= 0.3 is 0 Å². The van der Waals surface area contributed by atoms with Crippen molar-refractivity contribution in [1.29, 1.82) is 0 Å².